The molecule has 0 heterocycles. The molecule has 0 aromatic rings. The molecule has 1 atom stereocenters. The minimum atomic E-state index is -0.213. The maximum atomic E-state index is 9.05. The molecule has 2 N–H and O–H groups in total. The third-order valence-electron chi connectivity index (χ3n) is 2.80. The summed E-state index contributed by atoms with van der Waals surface area (Å²) in [5.41, 5.74) is 0.509. The van der Waals surface area contributed by atoms with Crippen molar-refractivity contribution in [1.82, 2.24) is 5.32 Å². The van der Waals surface area contributed by atoms with Gasteiger partial charge in [0, 0.05) is 13.1 Å². The van der Waals surface area contributed by atoms with Crippen LogP contribution in [0.3, 0.4) is 0 Å². The minimum absolute atomic E-state index is 0.213. The van der Waals surface area contributed by atoms with Gasteiger partial charge in [-0.2, -0.15) is 0 Å². The van der Waals surface area contributed by atoms with E-state index in [1.54, 1.807) is 0 Å². The number of rotatable bonds is 4. The zero-order valence-corrected chi connectivity index (χ0v) is 8.27. The third-order valence-corrected chi connectivity index (χ3v) is 2.80. The maximum absolute atomic E-state index is 9.05. The summed E-state index contributed by atoms with van der Waals surface area (Å²) in [7, 11) is 0. The normalized spacial score (nSPS) is 24.2. The van der Waals surface area contributed by atoms with Crippen molar-refractivity contribution in [3.8, 4) is 0 Å². The van der Waals surface area contributed by atoms with Gasteiger partial charge in [-0.3, -0.25) is 0 Å². The second kappa shape index (κ2) is 4.24. The van der Waals surface area contributed by atoms with Crippen molar-refractivity contribution < 1.29 is 5.11 Å². The van der Waals surface area contributed by atoms with Gasteiger partial charge in [0.2, 0.25) is 0 Å². The van der Waals surface area contributed by atoms with E-state index < -0.39 is 0 Å². The van der Waals surface area contributed by atoms with Crippen LogP contribution in [0, 0.1) is 5.41 Å². The van der Waals surface area contributed by atoms with E-state index in [4.69, 9.17) is 5.11 Å². The molecule has 2 heteroatoms. The first kappa shape index (κ1) is 10.0. The lowest BCUT2D eigenvalue weighted by Crippen LogP contribution is -2.33. The highest BCUT2D eigenvalue weighted by Gasteiger charge is 2.27. The van der Waals surface area contributed by atoms with Crippen LogP contribution in [-0.4, -0.2) is 24.3 Å². The second-order valence-electron chi connectivity index (χ2n) is 4.50. The summed E-state index contributed by atoms with van der Waals surface area (Å²) in [4.78, 5) is 0. The van der Waals surface area contributed by atoms with Crippen LogP contribution in [0.2, 0.25) is 0 Å². The molecule has 1 fully saturated rings. The smallest absolute Gasteiger partial charge is 0.0636 e. The lowest BCUT2D eigenvalue weighted by Gasteiger charge is -2.24. The van der Waals surface area contributed by atoms with Crippen molar-refractivity contribution in [1.29, 1.82) is 0 Å². The van der Waals surface area contributed by atoms with E-state index in [0.717, 1.165) is 13.1 Å². The average molecular weight is 171 g/mol. The topological polar surface area (TPSA) is 32.3 Å². The number of aliphatic hydroxyl groups is 1. The molecule has 0 spiro atoms. The first-order chi connectivity index (χ1) is 5.62. The molecule has 0 unspecified atom stereocenters. The van der Waals surface area contributed by atoms with Crippen LogP contribution < -0.4 is 5.32 Å². The van der Waals surface area contributed by atoms with Crippen molar-refractivity contribution in [3.63, 3.8) is 0 Å². The second-order valence-corrected chi connectivity index (χ2v) is 4.50. The fraction of sp³-hybridized carbons (Fsp3) is 1.00. The molecule has 1 rings (SSSR count). The molecular weight excluding hydrogens is 150 g/mol. The van der Waals surface area contributed by atoms with E-state index in [1.807, 2.05) is 6.92 Å². The molecule has 2 nitrogen and oxygen atoms in total. The Balaban J connectivity index is 2.13. The van der Waals surface area contributed by atoms with Crippen LogP contribution in [0.1, 0.15) is 39.5 Å². The largest absolute Gasteiger partial charge is 0.392 e. The van der Waals surface area contributed by atoms with Crippen molar-refractivity contribution >= 4 is 0 Å². The quantitative estimate of drug-likeness (QED) is 0.672. The van der Waals surface area contributed by atoms with Crippen LogP contribution in [0.15, 0.2) is 0 Å². The maximum Gasteiger partial charge on any atom is 0.0636 e. The van der Waals surface area contributed by atoms with Gasteiger partial charge in [-0.25, -0.2) is 0 Å². The highest BCUT2D eigenvalue weighted by atomic mass is 16.3. The molecule has 0 aromatic carbocycles. The Morgan fingerprint density at radius 1 is 1.42 bits per heavy atom. The zero-order chi connectivity index (χ0) is 9.03. The van der Waals surface area contributed by atoms with Gasteiger partial charge < -0.3 is 10.4 Å². The molecule has 0 aromatic heterocycles. The van der Waals surface area contributed by atoms with Gasteiger partial charge in [-0.05, 0) is 25.2 Å². The van der Waals surface area contributed by atoms with Gasteiger partial charge >= 0.3 is 0 Å². The van der Waals surface area contributed by atoms with Crippen molar-refractivity contribution in [3.05, 3.63) is 0 Å². The van der Waals surface area contributed by atoms with Crippen LogP contribution in [0.4, 0.5) is 0 Å². The van der Waals surface area contributed by atoms with Crippen LogP contribution in [-0.2, 0) is 0 Å². The Morgan fingerprint density at radius 3 is 2.50 bits per heavy atom. The molecular formula is C10H21NO. The SMILES string of the molecule is C[C@@H](O)CNCC1(C)CCCC1. The molecule has 1 aliphatic carbocycles. The van der Waals surface area contributed by atoms with Gasteiger partial charge in [0.05, 0.1) is 6.10 Å². The summed E-state index contributed by atoms with van der Waals surface area (Å²) in [6.45, 7) is 5.96. The van der Waals surface area contributed by atoms with Crippen molar-refractivity contribution in [2.45, 2.75) is 45.6 Å². The third kappa shape index (κ3) is 3.11. The molecule has 1 saturated carbocycles. The van der Waals surface area contributed by atoms with Gasteiger partial charge in [-0.1, -0.05) is 19.8 Å². The van der Waals surface area contributed by atoms with Gasteiger partial charge in [0.15, 0.2) is 0 Å². The summed E-state index contributed by atoms with van der Waals surface area (Å²) >= 11 is 0. The Bertz CT molecular complexity index is 128. The van der Waals surface area contributed by atoms with Crippen molar-refractivity contribution in [2.24, 2.45) is 5.41 Å². The van der Waals surface area contributed by atoms with Crippen LogP contribution in [0.5, 0.6) is 0 Å². The van der Waals surface area contributed by atoms with Gasteiger partial charge in [0.25, 0.3) is 0 Å². The van der Waals surface area contributed by atoms with Gasteiger partial charge in [0.1, 0.15) is 0 Å². The number of hydrogen-bond acceptors (Lipinski definition) is 2. The number of nitrogens with one attached hydrogen (secondary N) is 1. The first-order valence-corrected chi connectivity index (χ1v) is 5.01. The molecule has 0 amide bonds. The van der Waals surface area contributed by atoms with E-state index in [1.165, 1.54) is 25.7 Å². The lowest BCUT2D eigenvalue weighted by atomic mass is 9.89. The molecule has 0 bridgehead atoms. The van der Waals surface area contributed by atoms with E-state index >= 15 is 0 Å². The fourth-order valence-corrected chi connectivity index (χ4v) is 1.99. The summed E-state index contributed by atoms with van der Waals surface area (Å²) in [5, 5.41) is 12.4. The highest BCUT2D eigenvalue weighted by molar-refractivity contribution is 4.82. The van der Waals surface area contributed by atoms with Crippen LogP contribution >= 0.6 is 0 Å². The Labute approximate surface area is 75.4 Å². The standard InChI is InChI=1S/C10H21NO/c1-9(12)7-11-8-10(2)5-3-4-6-10/h9,11-12H,3-8H2,1-2H3/t9-/m1/s1. The molecule has 0 aliphatic heterocycles. The summed E-state index contributed by atoms with van der Waals surface area (Å²) in [6, 6.07) is 0. The molecule has 0 radical (unpaired) electrons. The molecule has 72 valence electrons. The van der Waals surface area contributed by atoms with Gasteiger partial charge in [-0.15, -0.1) is 0 Å². The minimum Gasteiger partial charge on any atom is -0.392 e. The average Bonchev–Trinajstić information content (AvgIpc) is 2.35. The summed E-state index contributed by atoms with van der Waals surface area (Å²) < 4.78 is 0. The van der Waals surface area contributed by atoms with E-state index in [9.17, 15) is 0 Å². The monoisotopic (exact) mass is 171 g/mol. The van der Waals surface area contributed by atoms with E-state index in [0.29, 0.717) is 5.41 Å². The van der Waals surface area contributed by atoms with Crippen molar-refractivity contribution in [2.75, 3.05) is 13.1 Å². The molecule has 1 aliphatic rings. The van der Waals surface area contributed by atoms with E-state index in [-0.39, 0.29) is 6.10 Å². The zero-order valence-electron chi connectivity index (χ0n) is 8.27. The predicted molar refractivity (Wildman–Crippen MR) is 51.1 cm³/mol. The first-order valence-electron chi connectivity index (χ1n) is 5.01. The Morgan fingerprint density at radius 2 is 2.00 bits per heavy atom. The van der Waals surface area contributed by atoms with Crippen LogP contribution in [0.25, 0.3) is 0 Å². The molecule has 0 saturated heterocycles. The highest BCUT2D eigenvalue weighted by Crippen LogP contribution is 2.36. The summed E-state index contributed by atoms with van der Waals surface area (Å²) in [5.74, 6) is 0. The Hall–Kier alpha value is -0.0800. The Kier molecular flexibility index (Phi) is 3.53. The molecule has 12 heavy (non-hydrogen) atoms. The van der Waals surface area contributed by atoms with E-state index in [2.05, 4.69) is 12.2 Å². The summed E-state index contributed by atoms with van der Waals surface area (Å²) in [6.07, 6.45) is 5.24. The lowest BCUT2D eigenvalue weighted by molar-refractivity contribution is 0.182. The number of hydrogen-bond donors (Lipinski definition) is 2. The number of aliphatic hydroxyl groups excluding tert-OH is 1. The predicted octanol–water partition coefficient (Wildman–Crippen LogP) is 1.54. The fourth-order valence-electron chi connectivity index (χ4n) is 1.99.